The molecule has 2 N–H and O–H groups in total. The van der Waals surface area contributed by atoms with Gasteiger partial charge in [-0.2, -0.15) is 0 Å². The van der Waals surface area contributed by atoms with Crippen LogP contribution >= 0.6 is 0 Å². The number of anilines is 1. The van der Waals surface area contributed by atoms with Crippen molar-refractivity contribution in [3.05, 3.63) is 65.7 Å². The van der Waals surface area contributed by atoms with Crippen molar-refractivity contribution in [1.82, 2.24) is 5.32 Å². The van der Waals surface area contributed by atoms with Crippen molar-refractivity contribution in [3.63, 3.8) is 0 Å². The zero-order valence-electron chi connectivity index (χ0n) is 13.7. The van der Waals surface area contributed by atoms with E-state index in [0.29, 0.717) is 18.9 Å². The van der Waals surface area contributed by atoms with Gasteiger partial charge in [0.25, 0.3) is 5.92 Å². The third-order valence-electron chi connectivity index (χ3n) is 4.03. The van der Waals surface area contributed by atoms with Crippen LogP contribution < -0.4 is 10.6 Å². The van der Waals surface area contributed by atoms with E-state index in [9.17, 15) is 13.6 Å². The second-order valence-corrected chi connectivity index (χ2v) is 6.16. The summed E-state index contributed by atoms with van der Waals surface area (Å²) in [4.78, 5) is 12.0. The van der Waals surface area contributed by atoms with Crippen molar-refractivity contribution >= 4 is 11.6 Å². The molecule has 1 aliphatic heterocycles. The Balaban J connectivity index is 1.46. The summed E-state index contributed by atoms with van der Waals surface area (Å²) < 4.78 is 31.9. The van der Waals surface area contributed by atoms with Gasteiger partial charge in [0.2, 0.25) is 5.91 Å². The lowest BCUT2D eigenvalue weighted by atomic mass is 10.1. The van der Waals surface area contributed by atoms with Crippen LogP contribution in [0.15, 0.2) is 54.6 Å². The van der Waals surface area contributed by atoms with Crippen LogP contribution in [0.3, 0.4) is 0 Å². The van der Waals surface area contributed by atoms with Crippen molar-refractivity contribution in [2.24, 2.45) is 0 Å². The van der Waals surface area contributed by atoms with Crippen LogP contribution in [0, 0.1) is 0 Å². The van der Waals surface area contributed by atoms with Gasteiger partial charge >= 0.3 is 0 Å². The Morgan fingerprint density at radius 2 is 1.72 bits per heavy atom. The number of halogens is 2. The molecule has 132 valence electrons. The number of alkyl halides is 2. The zero-order chi connectivity index (χ0) is 17.7. The minimum absolute atomic E-state index is 0.440. The molecule has 1 atom stereocenters. The molecule has 1 heterocycles. The molecule has 1 amide bonds. The van der Waals surface area contributed by atoms with Gasteiger partial charge in [-0.15, -0.1) is 0 Å². The summed E-state index contributed by atoms with van der Waals surface area (Å²) in [6, 6.07) is 16.2. The molecule has 3 rings (SSSR count). The van der Waals surface area contributed by atoms with E-state index >= 15 is 0 Å². The molecule has 6 heteroatoms. The number of nitrogens with one attached hydrogen (secondary N) is 2. The molecule has 0 aromatic heterocycles. The van der Waals surface area contributed by atoms with Crippen LogP contribution in [0.4, 0.5) is 14.5 Å². The molecule has 0 radical (unpaired) electrons. The number of amides is 1. The number of rotatable bonds is 6. The molecular weight excluding hydrogens is 326 g/mol. The maximum absolute atomic E-state index is 13.1. The Morgan fingerprint density at radius 3 is 2.32 bits per heavy atom. The predicted octanol–water partition coefficient (Wildman–Crippen LogP) is 3.34. The summed E-state index contributed by atoms with van der Waals surface area (Å²) in [5.74, 6) is -3.26. The van der Waals surface area contributed by atoms with Crippen molar-refractivity contribution in [3.8, 4) is 0 Å². The molecule has 1 fully saturated rings. The van der Waals surface area contributed by atoms with E-state index in [1.54, 1.807) is 12.1 Å². The van der Waals surface area contributed by atoms with Crippen LogP contribution in [0.25, 0.3) is 0 Å². The number of carbonyl (C=O) groups is 1. The minimum atomic E-state index is -2.82. The van der Waals surface area contributed by atoms with Crippen molar-refractivity contribution in [1.29, 1.82) is 0 Å². The second-order valence-electron chi connectivity index (χ2n) is 6.16. The van der Waals surface area contributed by atoms with E-state index in [1.165, 1.54) is 0 Å². The number of hydrogen-bond acceptors (Lipinski definition) is 3. The Labute approximate surface area is 145 Å². The van der Waals surface area contributed by atoms with E-state index in [4.69, 9.17) is 4.74 Å². The van der Waals surface area contributed by atoms with E-state index in [-0.39, 0.29) is 0 Å². The van der Waals surface area contributed by atoms with Crippen LogP contribution in [-0.4, -0.2) is 24.4 Å². The van der Waals surface area contributed by atoms with E-state index in [2.05, 4.69) is 10.6 Å². The summed E-state index contributed by atoms with van der Waals surface area (Å²) in [5, 5.41) is 5.19. The van der Waals surface area contributed by atoms with E-state index in [0.717, 1.165) is 11.1 Å². The fourth-order valence-corrected chi connectivity index (χ4v) is 2.68. The average Bonchev–Trinajstić information content (AvgIpc) is 2.97. The van der Waals surface area contributed by atoms with Crippen LogP contribution in [-0.2, 0) is 22.7 Å². The molecule has 0 spiro atoms. The molecule has 25 heavy (non-hydrogen) atoms. The number of hydrogen-bond donors (Lipinski definition) is 2. The number of carbonyl (C=O) groups excluding carboxylic acids is 1. The fraction of sp³-hybridized carbons (Fsp3) is 0.316. The quantitative estimate of drug-likeness (QED) is 0.843. The smallest absolute Gasteiger partial charge is 0.262 e. The minimum Gasteiger partial charge on any atom is -0.372 e. The first-order chi connectivity index (χ1) is 12.0. The Bertz CT molecular complexity index is 705. The van der Waals surface area contributed by atoms with Gasteiger partial charge in [0.15, 0.2) is 0 Å². The largest absolute Gasteiger partial charge is 0.372 e. The Kier molecular flexibility index (Phi) is 5.40. The third-order valence-corrected chi connectivity index (χ3v) is 4.03. The standard InChI is InChI=1S/C19H20F2N2O2/c20-19(21)10-17(22-13-19)18(24)23-16-8-6-15(7-9-16)12-25-11-14-4-2-1-3-5-14/h1-9,17,22H,10-13H2,(H,23,24). The molecule has 1 unspecified atom stereocenters. The molecular formula is C19H20F2N2O2. The van der Waals surface area contributed by atoms with Crippen molar-refractivity contribution in [2.45, 2.75) is 31.6 Å². The van der Waals surface area contributed by atoms with Gasteiger partial charge in [0.1, 0.15) is 0 Å². The first-order valence-electron chi connectivity index (χ1n) is 8.14. The molecule has 0 bridgehead atoms. The maximum Gasteiger partial charge on any atom is 0.262 e. The average molecular weight is 346 g/mol. The highest BCUT2D eigenvalue weighted by Crippen LogP contribution is 2.25. The van der Waals surface area contributed by atoms with Gasteiger partial charge in [-0.1, -0.05) is 42.5 Å². The highest BCUT2D eigenvalue weighted by molar-refractivity contribution is 5.95. The highest BCUT2D eigenvalue weighted by Gasteiger charge is 2.42. The molecule has 1 saturated heterocycles. The van der Waals surface area contributed by atoms with E-state index in [1.807, 2.05) is 42.5 Å². The molecule has 2 aromatic rings. The number of benzene rings is 2. The van der Waals surface area contributed by atoms with Crippen molar-refractivity contribution in [2.75, 3.05) is 11.9 Å². The topological polar surface area (TPSA) is 50.4 Å². The van der Waals surface area contributed by atoms with Gasteiger partial charge in [-0.3, -0.25) is 10.1 Å². The zero-order valence-corrected chi connectivity index (χ0v) is 13.7. The lowest BCUT2D eigenvalue weighted by Gasteiger charge is -2.12. The predicted molar refractivity (Wildman–Crippen MR) is 91.4 cm³/mol. The molecule has 1 aliphatic rings. The highest BCUT2D eigenvalue weighted by atomic mass is 19.3. The van der Waals surface area contributed by atoms with E-state index < -0.39 is 30.8 Å². The molecule has 4 nitrogen and oxygen atoms in total. The first kappa shape index (κ1) is 17.5. The lowest BCUT2D eigenvalue weighted by Crippen LogP contribution is -2.35. The third kappa shape index (κ3) is 5.08. The Morgan fingerprint density at radius 1 is 1.08 bits per heavy atom. The van der Waals surface area contributed by atoms with Crippen LogP contribution in [0.2, 0.25) is 0 Å². The molecule has 0 saturated carbocycles. The number of ether oxygens (including phenoxy) is 1. The summed E-state index contributed by atoms with van der Waals surface area (Å²) >= 11 is 0. The second kappa shape index (κ2) is 7.72. The van der Waals surface area contributed by atoms with Gasteiger partial charge in [-0.05, 0) is 23.3 Å². The van der Waals surface area contributed by atoms with Crippen LogP contribution in [0.5, 0.6) is 0 Å². The fourth-order valence-electron chi connectivity index (χ4n) is 2.68. The van der Waals surface area contributed by atoms with Gasteiger partial charge < -0.3 is 10.1 Å². The maximum atomic E-state index is 13.1. The normalized spacial score (nSPS) is 18.9. The van der Waals surface area contributed by atoms with Gasteiger partial charge in [-0.25, -0.2) is 8.78 Å². The summed E-state index contributed by atoms with van der Waals surface area (Å²) in [7, 11) is 0. The monoisotopic (exact) mass is 346 g/mol. The summed E-state index contributed by atoms with van der Waals surface area (Å²) in [5.41, 5.74) is 2.65. The molecule has 2 aromatic carbocycles. The van der Waals surface area contributed by atoms with Gasteiger partial charge in [0.05, 0.1) is 25.8 Å². The van der Waals surface area contributed by atoms with Crippen LogP contribution in [0.1, 0.15) is 17.5 Å². The summed E-state index contributed by atoms with van der Waals surface area (Å²) in [6.07, 6.45) is -0.468. The lowest BCUT2D eigenvalue weighted by molar-refractivity contribution is -0.118. The summed E-state index contributed by atoms with van der Waals surface area (Å²) in [6.45, 7) is 0.531. The SMILES string of the molecule is O=C(Nc1ccc(COCc2ccccc2)cc1)C1CC(F)(F)CN1. The van der Waals surface area contributed by atoms with Crippen molar-refractivity contribution < 1.29 is 18.3 Å². The van der Waals surface area contributed by atoms with Gasteiger partial charge in [0, 0.05) is 12.1 Å². The Hall–Kier alpha value is -2.31. The molecule has 0 aliphatic carbocycles. The first-order valence-corrected chi connectivity index (χ1v) is 8.14.